The van der Waals surface area contributed by atoms with Gasteiger partial charge in [-0.3, -0.25) is 14.9 Å². The summed E-state index contributed by atoms with van der Waals surface area (Å²) < 4.78 is 0. The predicted octanol–water partition coefficient (Wildman–Crippen LogP) is 4.27. The Labute approximate surface area is 154 Å². The van der Waals surface area contributed by atoms with Crippen LogP contribution in [-0.2, 0) is 4.79 Å². The van der Waals surface area contributed by atoms with Crippen molar-refractivity contribution in [1.29, 1.82) is 0 Å². The normalized spacial score (nSPS) is 12.5. The molecule has 0 radical (unpaired) electrons. The Morgan fingerprint density at radius 2 is 1.96 bits per heavy atom. The molecule has 0 fully saturated rings. The largest absolute Gasteiger partial charge is 0.272 e. The van der Waals surface area contributed by atoms with Crippen LogP contribution in [0.25, 0.3) is 0 Å². The van der Waals surface area contributed by atoms with Crippen molar-refractivity contribution in [2.24, 2.45) is 5.10 Å². The molecule has 1 atom stereocenters. The van der Waals surface area contributed by atoms with Crippen LogP contribution >= 0.6 is 23.4 Å². The first kappa shape index (κ1) is 19.0. The zero-order chi connectivity index (χ0) is 18.4. The van der Waals surface area contributed by atoms with Crippen LogP contribution < -0.4 is 5.43 Å². The number of hydrogen-bond acceptors (Lipinski definition) is 5. The highest BCUT2D eigenvalue weighted by molar-refractivity contribution is 8.00. The second kappa shape index (κ2) is 8.64. The Hall–Kier alpha value is -2.38. The van der Waals surface area contributed by atoms with Crippen LogP contribution in [0.3, 0.4) is 0 Å². The number of rotatable bonds is 6. The summed E-state index contributed by atoms with van der Waals surface area (Å²) in [6.45, 7) is 3.45. The van der Waals surface area contributed by atoms with E-state index >= 15 is 0 Å². The van der Waals surface area contributed by atoms with Crippen LogP contribution in [0, 0.1) is 10.1 Å². The van der Waals surface area contributed by atoms with E-state index in [-0.39, 0.29) is 16.8 Å². The van der Waals surface area contributed by atoms with Crippen molar-refractivity contribution in [3.63, 3.8) is 0 Å². The average molecular weight is 378 g/mol. The Kier molecular flexibility index (Phi) is 6.55. The number of halogens is 1. The number of hydrogen-bond donors (Lipinski definition) is 1. The number of nitro groups is 1. The predicted molar refractivity (Wildman–Crippen MR) is 100 cm³/mol. The lowest BCUT2D eigenvalue weighted by atomic mass is 10.1. The van der Waals surface area contributed by atoms with Gasteiger partial charge in [-0.05, 0) is 38.1 Å². The summed E-state index contributed by atoms with van der Waals surface area (Å²) in [4.78, 5) is 23.4. The second-order valence-corrected chi connectivity index (χ2v) is 7.05. The third kappa shape index (κ3) is 5.58. The van der Waals surface area contributed by atoms with Gasteiger partial charge in [0, 0.05) is 27.6 Å². The fraction of sp³-hybridized carbons (Fsp3) is 0.176. The molecule has 2 rings (SSSR count). The summed E-state index contributed by atoms with van der Waals surface area (Å²) in [6, 6.07) is 13.3. The second-order valence-electron chi connectivity index (χ2n) is 5.19. The van der Waals surface area contributed by atoms with E-state index in [1.807, 2.05) is 12.1 Å². The van der Waals surface area contributed by atoms with Gasteiger partial charge in [0.05, 0.1) is 15.9 Å². The molecule has 0 bridgehead atoms. The van der Waals surface area contributed by atoms with Gasteiger partial charge in [-0.15, -0.1) is 11.8 Å². The highest BCUT2D eigenvalue weighted by atomic mass is 35.5. The molecule has 25 heavy (non-hydrogen) atoms. The molecule has 1 N–H and O–H groups in total. The number of nitrogens with zero attached hydrogens (tertiary/aromatic N) is 2. The lowest BCUT2D eigenvalue weighted by Crippen LogP contribution is -2.27. The van der Waals surface area contributed by atoms with Crippen molar-refractivity contribution in [2.75, 3.05) is 0 Å². The molecule has 0 saturated carbocycles. The Morgan fingerprint density at radius 1 is 1.28 bits per heavy atom. The fourth-order valence-corrected chi connectivity index (χ4v) is 2.90. The van der Waals surface area contributed by atoms with Crippen molar-refractivity contribution in [3.8, 4) is 0 Å². The highest BCUT2D eigenvalue weighted by Crippen LogP contribution is 2.24. The molecule has 2 aromatic carbocycles. The van der Waals surface area contributed by atoms with E-state index in [0.717, 1.165) is 4.90 Å². The molecule has 0 unspecified atom stereocenters. The van der Waals surface area contributed by atoms with E-state index in [0.29, 0.717) is 16.3 Å². The van der Waals surface area contributed by atoms with Crippen molar-refractivity contribution in [2.45, 2.75) is 24.0 Å². The molecule has 0 spiro atoms. The standard InChI is InChI=1S/C17H16ClN3O3S/c1-11(13-4-3-5-15(10-13)21(23)24)19-20-17(22)12(2)25-16-8-6-14(18)7-9-16/h3-10,12H,1-2H3,(H,20,22)/b19-11-/t12-/m1/s1. The summed E-state index contributed by atoms with van der Waals surface area (Å²) in [7, 11) is 0. The number of carbonyl (C=O) groups excluding carboxylic acids is 1. The summed E-state index contributed by atoms with van der Waals surface area (Å²) >= 11 is 7.22. The Balaban J connectivity index is 1.99. The number of nitro benzene ring substituents is 1. The molecule has 130 valence electrons. The first-order valence-corrected chi connectivity index (χ1v) is 8.64. The van der Waals surface area contributed by atoms with Gasteiger partial charge in [-0.2, -0.15) is 5.10 Å². The summed E-state index contributed by atoms with van der Waals surface area (Å²) in [5, 5.41) is 15.1. The highest BCUT2D eigenvalue weighted by Gasteiger charge is 2.14. The number of nitrogens with one attached hydrogen (secondary N) is 1. The topological polar surface area (TPSA) is 84.6 Å². The van der Waals surface area contributed by atoms with Gasteiger partial charge < -0.3 is 0 Å². The van der Waals surface area contributed by atoms with E-state index in [2.05, 4.69) is 10.5 Å². The molecule has 0 heterocycles. The van der Waals surface area contributed by atoms with Crippen LogP contribution in [0.15, 0.2) is 58.5 Å². The third-order valence-electron chi connectivity index (χ3n) is 3.30. The molecule has 1 amide bonds. The quantitative estimate of drug-likeness (QED) is 0.352. The number of non-ortho nitro benzene ring substituents is 1. The number of carbonyl (C=O) groups is 1. The van der Waals surface area contributed by atoms with Crippen LogP contribution in [0.4, 0.5) is 5.69 Å². The zero-order valence-corrected chi connectivity index (χ0v) is 15.2. The Bertz CT molecular complexity index is 809. The summed E-state index contributed by atoms with van der Waals surface area (Å²) in [6.07, 6.45) is 0. The maximum absolute atomic E-state index is 12.2. The summed E-state index contributed by atoms with van der Waals surface area (Å²) in [5.74, 6) is -0.260. The van der Waals surface area contributed by atoms with E-state index in [1.54, 1.807) is 38.1 Å². The van der Waals surface area contributed by atoms with E-state index in [1.165, 1.54) is 23.9 Å². The van der Waals surface area contributed by atoms with Gasteiger partial charge in [0.25, 0.3) is 11.6 Å². The van der Waals surface area contributed by atoms with Gasteiger partial charge in [-0.25, -0.2) is 5.43 Å². The van der Waals surface area contributed by atoms with Crippen molar-refractivity contribution in [1.82, 2.24) is 5.43 Å². The smallest absolute Gasteiger partial charge is 0.270 e. The van der Waals surface area contributed by atoms with Crippen LogP contribution in [-0.4, -0.2) is 21.8 Å². The zero-order valence-electron chi connectivity index (χ0n) is 13.6. The van der Waals surface area contributed by atoms with Gasteiger partial charge in [-0.1, -0.05) is 23.7 Å². The minimum absolute atomic E-state index is 0.0231. The number of hydrazone groups is 1. The van der Waals surface area contributed by atoms with E-state index in [4.69, 9.17) is 11.6 Å². The molecule has 2 aromatic rings. The minimum atomic E-state index is -0.472. The maximum atomic E-state index is 12.2. The van der Waals surface area contributed by atoms with Gasteiger partial charge in [0.1, 0.15) is 0 Å². The molecule has 8 heteroatoms. The van der Waals surface area contributed by atoms with Crippen LogP contribution in [0.5, 0.6) is 0 Å². The van der Waals surface area contributed by atoms with E-state index in [9.17, 15) is 14.9 Å². The molecule has 6 nitrogen and oxygen atoms in total. The lowest BCUT2D eigenvalue weighted by Gasteiger charge is -2.10. The monoisotopic (exact) mass is 377 g/mol. The number of benzene rings is 2. The van der Waals surface area contributed by atoms with E-state index < -0.39 is 4.92 Å². The molecule has 0 aliphatic carbocycles. The number of thioether (sulfide) groups is 1. The lowest BCUT2D eigenvalue weighted by molar-refractivity contribution is -0.384. The Morgan fingerprint density at radius 3 is 2.60 bits per heavy atom. The number of amides is 1. The fourth-order valence-electron chi connectivity index (χ4n) is 1.91. The van der Waals surface area contributed by atoms with Gasteiger partial charge in [0.15, 0.2) is 0 Å². The molecule has 0 saturated heterocycles. The third-order valence-corrected chi connectivity index (χ3v) is 4.67. The summed E-state index contributed by atoms with van der Waals surface area (Å²) in [5.41, 5.74) is 3.53. The van der Waals surface area contributed by atoms with Crippen molar-refractivity contribution >= 4 is 40.7 Å². The molecular formula is C17H16ClN3O3S. The van der Waals surface area contributed by atoms with Crippen molar-refractivity contribution < 1.29 is 9.72 Å². The van der Waals surface area contributed by atoms with Crippen LogP contribution in [0.2, 0.25) is 5.02 Å². The first-order valence-electron chi connectivity index (χ1n) is 7.38. The van der Waals surface area contributed by atoms with Crippen LogP contribution in [0.1, 0.15) is 19.4 Å². The molecular weight excluding hydrogens is 362 g/mol. The molecule has 0 aromatic heterocycles. The van der Waals surface area contributed by atoms with Gasteiger partial charge >= 0.3 is 0 Å². The SMILES string of the molecule is C/C(=N/NC(=O)[C@@H](C)Sc1ccc(Cl)cc1)c1cccc([N+](=O)[O-])c1. The molecule has 0 aliphatic rings. The average Bonchev–Trinajstić information content (AvgIpc) is 2.61. The van der Waals surface area contributed by atoms with Gasteiger partial charge in [0.2, 0.25) is 0 Å². The molecule has 0 aliphatic heterocycles. The maximum Gasteiger partial charge on any atom is 0.270 e. The van der Waals surface area contributed by atoms with Crippen molar-refractivity contribution in [3.05, 3.63) is 69.2 Å². The minimum Gasteiger partial charge on any atom is -0.272 e. The first-order chi connectivity index (χ1) is 11.9.